The highest BCUT2D eigenvalue weighted by Gasteiger charge is 2.46. The van der Waals surface area contributed by atoms with E-state index in [9.17, 15) is 13.2 Å². The van der Waals surface area contributed by atoms with E-state index in [1.807, 2.05) is 0 Å². The Balaban J connectivity index is 2.34. The second-order valence-electron chi connectivity index (χ2n) is 3.44. The van der Waals surface area contributed by atoms with E-state index >= 15 is 0 Å². The van der Waals surface area contributed by atoms with Crippen molar-refractivity contribution in [1.29, 1.82) is 0 Å². The molecule has 12 heavy (non-hydrogen) atoms. The van der Waals surface area contributed by atoms with E-state index in [0.29, 0.717) is 6.42 Å². The van der Waals surface area contributed by atoms with Crippen molar-refractivity contribution in [1.82, 2.24) is 4.72 Å². The van der Waals surface area contributed by atoms with Crippen molar-refractivity contribution in [3.8, 4) is 0 Å². The van der Waals surface area contributed by atoms with Crippen LogP contribution in [0.3, 0.4) is 0 Å². The van der Waals surface area contributed by atoms with Gasteiger partial charge in [0, 0.05) is 0 Å². The molecular formula is C7H11NO3S. The average Bonchev–Trinajstić information content (AvgIpc) is 2.25. The molecule has 0 aromatic heterocycles. The predicted molar refractivity (Wildman–Crippen MR) is 42.8 cm³/mol. The molecule has 68 valence electrons. The highest BCUT2D eigenvalue weighted by Crippen LogP contribution is 2.33. The van der Waals surface area contributed by atoms with Crippen LogP contribution in [-0.4, -0.2) is 19.6 Å². The molecule has 1 saturated carbocycles. The minimum Gasteiger partial charge on any atom is -0.274 e. The highest BCUT2D eigenvalue weighted by molar-refractivity contribution is 7.91. The Morgan fingerprint density at radius 3 is 2.58 bits per heavy atom. The fourth-order valence-corrected chi connectivity index (χ4v) is 3.81. The number of fused-ring (bicyclic) bond motifs is 1. The summed E-state index contributed by atoms with van der Waals surface area (Å²) >= 11 is 0. The molecule has 0 spiro atoms. The quantitative estimate of drug-likeness (QED) is 0.583. The van der Waals surface area contributed by atoms with Crippen molar-refractivity contribution in [2.24, 2.45) is 5.92 Å². The molecule has 1 aliphatic heterocycles. The van der Waals surface area contributed by atoms with Crippen LogP contribution in [-0.2, 0) is 14.8 Å². The molecule has 4 nitrogen and oxygen atoms in total. The maximum Gasteiger partial charge on any atom is 0.238 e. The molecule has 2 rings (SSSR count). The monoisotopic (exact) mass is 189 g/mol. The molecule has 2 aliphatic rings. The van der Waals surface area contributed by atoms with Crippen molar-refractivity contribution in [2.45, 2.75) is 30.9 Å². The van der Waals surface area contributed by atoms with Crippen LogP contribution in [0.1, 0.15) is 25.7 Å². The van der Waals surface area contributed by atoms with Crippen molar-refractivity contribution < 1.29 is 13.2 Å². The third-order valence-corrected chi connectivity index (χ3v) is 4.53. The van der Waals surface area contributed by atoms with E-state index in [1.165, 1.54) is 0 Å². The van der Waals surface area contributed by atoms with Gasteiger partial charge in [-0.15, -0.1) is 0 Å². The van der Waals surface area contributed by atoms with Gasteiger partial charge in [0.05, 0.1) is 11.2 Å². The minimum atomic E-state index is -3.30. The maximum atomic E-state index is 11.3. The molecule has 1 N–H and O–H groups in total. The summed E-state index contributed by atoms with van der Waals surface area (Å²) in [7, 11) is -3.30. The Labute approximate surface area is 71.4 Å². The second kappa shape index (κ2) is 2.45. The first-order valence-electron chi connectivity index (χ1n) is 4.17. The largest absolute Gasteiger partial charge is 0.274 e. The standard InChI is InChI=1S/C7H11NO3S/c9-7-5-3-1-2-4-6(5)12(10,11)8-7/h5-6H,1-4H2,(H,8,9)/t5?,6-/m0/s1. The van der Waals surface area contributed by atoms with Crippen LogP contribution in [0.5, 0.6) is 0 Å². The molecular weight excluding hydrogens is 178 g/mol. The van der Waals surface area contributed by atoms with Crippen LogP contribution in [0.25, 0.3) is 0 Å². The maximum absolute atomic E-state index is 11.3. The van der Waals surface area contributed by atoms with E-state index in [2.05, 4.69) is 4.72 Å². The lowest BCUT2D eigenvalue weighted by Crippen LogP contribution is -2.27. The topological polar surface area (TPSA) is 63.2 Å². The number of carbonyl (C=O) groups is 1. The Hall–Kier alpha value is -0.580. The third-order valence-electron chi connectivity index (χ3n) is 2.68. The zero-order valence-corrected chi connectivity index (χ0v) is 7.43. The molecule has 0 aromatic rings. The van der Waals surface area contributed by atoms with Crippen LogP contribution >= 0.6 is 0 Å². The van der Waals surface area contributed by atoms with Gasteiger partial charge in [-0.25, -0.2) is 8.42 Å². The summed E-state index contributed by atoms with van der Waals surface area (Å²) in [6.07, 6.45) is 3.28. The Kier molecular flexibility index (Phi) is 1.64. The molecule has 0 bridgehead atoms. The first kappa shape index (κ1) is 8.04. The van der Waals surface area contributed by atoms with Crippen molar-refractivity contribution in [3.05, 3.63) is 0 Å². The number of rotatable bonds is 0. The number of hydrogen-bond donors (Lipinski definition) is 1. The third kappa shape index (κ3) is 1.03. The van der Waals surface area contributed by atoms with Crippen LogP contribution in [0, 0.1) is 5.92 Å². The highest BCUT2D eigenvalue weighted by atomic mass is 32.2. The molecule has 2 atom stereocenters. The van der Waals surface area contributed by atoms with Gasteiger partial charge in [0.15, 0.2) is 0 Å². The number of carbonyl (C=O) groups excluding carboxylic acids is 1. The fraction of sp³-hybridized carbons (Fsp3) is 0.857. The zero-order chi connectivity index (χ0) is 8.77. The van der Waals surface area contributed by atoms with Crippen LogP contribution in [0.15, 0.2) is 0 Å². The second-order valence-corrected chi connectivity index (χ2v) is 5.34. The fourth-order valence-electron chi connectivity index (χ4n) is 2.06. The summed E-state index contributed by atoms with van der Waals surface area (Å²) in [5, 5.41) is -0.432. The normalized spacial score (nSPS) is 38.8. The van der Waals surface area contributed by atoms with Crippen molar-refractivity contribution >= 4 is 15.9 Å². The Bertz CT molecular complexity index is 309. The summed E-state index contributed by atoms with van der Waals surface area (Å²) < 4.78 is 24.6. The average molecular weight is 189 g/mol. The Morgan fingerprint density at radius 2 is 1.92 bits per heavy atom. The van der Waals surface area contributed by atoms with Gasteiger partial charge in [-0.2, -0.15) is 0 Å². The number of nitrogens with one attached hydrogen (secondary N) is 1. The summed E-state index contributed by atoms with van der Waals surface area (Å²) in [5.41, 5.74) is 0. The van der Waals surface area contributed by atoms with E-state index in [1.54, 1.807) is 0 Å². The van der Waals surface area contributed by atoms with E-state index in [4.69, 9.17) is 0 Å². The Morgan fingerprint density at radius 1 is 1.25 bits per heavy atom. The smallest absolute Gasteiger partial charge is 0.238 e. The van der Waals surface area contributed by atoms with Gasteiger partial charge >= 0.3 is 0 Å². The lowest BCUT2D eigenvalue weighted by molar-refractivity contribution is -0.122. The van der Waals surface area contributed by atoms with E-state index in [0.717, 1.165) is 19.3 Å². The molecule has 1 unspecified atom stereocenters. The van der Waals surface area contributed by atoms with E-state index < -0.39 is 15.3 Å². The van der Waals surface area contributed by atoms with Gasteiger partial charge in [-0.05, 0) is 12.8 Å². The summed E-state index contributed by atoms with van der Waals surface area (Å²) in [4.78, 5) is 11.1. The van der Waals surface area contributed by atoms with Crippen molar-refractivity contribution in [3.63, 3.8) is 0 Å². The molecule has 5 heteroatoms. The number of hydrogen-bond acceptors (Lipinski definition) is 3. The molecule has 1 saturated heterocycles. The van der Waals surface area contributed by atoms with E-state index in [-0.39, 0.29) is 11.8 Å². The van der Waals surface area contributed by atoms with Gasteiger partial charge in [-0.1, -0.05) is 12.8 Å². The van der Waals surface area contributed by atoms with Crippen LogP contribution in [0.4, 0.5) is 0 Å². The minimum absolute atomic E-state index is 0.260. The lowest BCUT2D eigenvalue weighted by atomic mass is 9.88. The number of sulfonamides is 1. The van der Waals surface area contributed by atoms with Crippen LogP contribution in [0.2, 0.25) is 0 Å². The van der Waals surface area contributed by atoms with Gasteiger partial charge < -0.3 is 0 Å². The van der Waals surface area contributed by atoms with Gasteiger partial charge in [-0.3, -0.25) is 9.52 Å². The van der Waals surface area contributed by atoms with Gasteiger partial charge in [0.2, 0.25) is 15.9 Å². The number of amides is 1. The predicted octanol–water partition coefficient (Wildman–Crippen LogP) is 0.00480. The zero-order valence-electron chi connectivity index (χ0n) is 6.62. The van der Waals surface area contributed by atoms with Gasteiger partial charge in [0.25, 0.3) is 0 Å². The summed E-state index contributed by atoms with van der Waals surface area (Å²) in [6, 6.07) is 0. The molecule has 0 radical (unpaired) electrons. The van der Waals surface area contributed by atoms with Gasteiger partial charge in [0.1, 0.15) is 0 Å². The molecule has 2 fully saturated rings. The molecule has 1 aliphatic carbocycles. The molecule has 1 amide bonds. The SMILES string of the molecule is O=C1NS(=O)(=O)[C@H]2CCCCC12. The lowest BCUT2D eigenvalue weighted by Gasteiger charge is -2.19. The molecule has 1 heterocycles. The first-order valence-corrected chi connectivity index (χ1v) is 5.71. The molecule has 0 aromatic carbocycles. The summed E-state index contributed by atoms with van der Waals surface area (Å²) in [5.74, 6) is -0.552. The summed E-state index contributed by atoms with van der Waals surface area (Å²) in [6.45, 7) is 0. The van der Waals surface area contributed by atoms with Crippen molar-refractivity contribution in [2.75, 3.05) is 0 Å². The van der Waals surface area contributed by atoms with Crippen LogP contribution < -0.4 is 4.72 Å². The first-order chi connectivity index (χ1) is 5.61.